The number of H-pyrrole nitrogens is 1. The van der Waals surface area contributed by atoms with Crippen LogP contribution in [-0.2, 0) is 13.1 Å². The van der Waals surface area contributed by atoms with Gasteiger partial charge in [0.1, 0.15) is 18.0 Å². The number of para-hydroxylation sites is 2. The lowest BCUT2D eigenvalue weighted by Gasteiger charge is -2.34. The van der Waals surface area contributed by atoms with Crippen LogP contribution in [0.5, 0.6) is 0 Å². The van der Waals surface area contributed by atoms with E-state index in [0.29, 0.717) is 19.6 Å². The van der Waals surface area contributed by atoms with Crippen LogP contribution in [0, 0.1) is 0 Å². The zero-order valence-electron chi connectivity index (χ0n) is 16.3. The number of benzene rings is 1. The van der Waals surface area contributed by atoms with Crippen LogP contribution < -0.4 is 5.32 Å². The zero-order valence-corrected chi connectivity index (χ0v) is 16.3. The molecule has 1 aliphatic rings. The second kappa shape index (κ2) is 7.97. The van der Waals surface area contributed by atoms with Crippen LogP contribution in [0.1, 0.15) is 31.5 Å². The summed E-state index contributed by atoms with van der Waals surface area (Å²) in [4.78, 5) is 25.6. The average Bonchev–Trinajstić information content (AvgIpc) is 3.33. The van der Waals surface area contributed by atoms with Crippen molar-refractivity contribution in [1.82, 2.24) is 39.8 Å². The lowest BCUT2D eigenvalue weighted by molar-refractivity contribution is 0.133. The van der Waals surface area contributed by atoms with Crippen LogP contribution in [-0.4, -0.2) is 66.7 Å². The van der Waals surface area contributed by atoms with E-state index < -0.39 is 0 Å². The van der Waals surface area contributed by atoms with Gasteiger partial charge < -0.3 is 14.8 Å². The van der Waals surface area contributed by atoms with Crippen LogP contribution in [0.4, 0.5) is 4.79 Å². The van der Waals surface area contributed by atoms with Crippen molar-refractivity contribution in [1.29, 1.82) is 0 Å². The van der Waals surface area contributed by atoms with E-state index in [1.165, 1.54) is 6.33 Å². The molecule has 0 unspecified atom stereocenters. The Hall–Kier alpha value is -2.94. The quantitative estimate of drug-likeness (QED) is 0.701. The fraction of sp³-hybridized carbons (Fsp3) is 0.474. The minimum Gasteiger partial charge on any atom is -0.331 e. The SMILES string of the molecule is CC(C)n1c(CNC(=O)N2CCN(Cc3ncn[nH]3)CC2)nc2ccccc21. The van der Waals surface area contributed by atoms with E-state index >= 15 is 0 Å². The van der Waals surface area contributed by atoms with Crippen LogP contribution >= 0.6 is 0 Å². The molecule has 9 heteroatoms. The van der Waals surface area contributed by atoms with Gasteiger partial charge in [-0.2, -0.15) is 5.10 Å². The molecule has 2 amide bonds. The third-order valence-corrected chi connectivity index (χ3v) is 5.08. The molecule has 0 spiro atoms. The molecule has 1 saturated heterocycles. The number of nitrogens with one attached hydrogen (secondary N) is 2. The monoisotopic (exact) mass is 382 g/mol. The van der Waals surface area contributed by atoms with E-state index in [0.717, 1.165) is 42.3 Å². The first-order valence-corrected chi connectivity index (χ1v) is 9.67. The predicted octanol–water partition coefficient (Wildman–Crippen LogP) is 1.76. The summed E-state index contributed by atoms with van der Waals surface area (Å²) in [6, 6.07) is 8.32. The maximum absolute atomic E-state index is 12.6. The van der Waals surface area contributed by atoms with E-state index in [1.54, 1.807) is 0 Å². The second-order valence-corrected chi connectivity index (χ2v) is 7.33. The Labute approximate surface area is 163 Å². The Morgan fingerprint density at radius 2 is 2.00 bits per heavy atom. The van der Waals surface area contributed by atoms with Gasteiger partial charge in [-0.05, 0) is 26.0 Å². The fourth-order valence-corrected chi connectivity index (χ4v) is 3.69. The van der Waals surface area contributed by atoms with Gasteiger partial charge in [0.05, 0.1) is 24.1 Å². The molecule has 4 rings (SSSR count). The van der Waals surface area contributed by atoms with Gasteiger partial charge in [0.25, 0.3) is 0 Å². The molecule has 0 radical (unpaired) electrons. The Morgan fingerprint density at radius 3 is 2.71 bits per heavy atom. The fourth-order valence-electron chi connectivity index (χ4n) is 3.69. The summed E-state index contributed by atoms with van der Waals surface area (Å²) in [6.07, 6.45) is 1.52. The van der Waals surface area contributed by atoms with E-state index in [1.807, 2.05) is 23.1 Å². The smallest absolute Gasteiger partial charge is 0.317 e. The number of piperazine rings is 1. The lowest BCUT2D eigenvalue weighted by atomic mass is 10.3. The Balaban J connectivity index is 1.34. The Kier molecular flexibility index (Phi) is 5.25. The Morgan fingerprint density at radius 1 is 1.21 bits per heavy atom. The number of amides is 2. The molecular weight excluding hydrogens is 356 g/mol. The number of aromatic amines is 1. The molecule has 28 heavy (non-hydrogen) atoms. The third-order valence-electron chi connectivity index (χ3n) is 5.08. The summed E-state index contributed by atoms with van der Waals surface area (Å²) < 4.78 is 2.19. The van der Waals surface area contributed by atoms with Crippen LogP contribution in [0.15, 0.2) is 30.6 Å². The van der Waals surface area contributed by atoms with Crippen molar-refractivity contribution in [3.63, 3.8) is 0 Å². The highest BCUT2D eigenvalue weighted by molar-refractivity contribution is 5.77. The van der Waals surface area contributed by atoms with Crippen LogP contribution in [0.3, 0.4) is 0 Å². The number of nitrogens with zero attached hydrogens (tertiary/aromatic N) is 6. The van der Waals surface area contributed by atoms with Gasteiger partial charge >= 0.3 is 6.03 Å². The number of rotatable bonds is 5. The van der Waals surface area contributed by atoms with Crippen LogP contribution in [0.25, 0.3) is 11.0 Å². The molecule has 1 fully saturated rings. The molecular formula is C19H26N8O. The van der Waals surface area contributed by atoms with E-state index in [-0.39, 0.29) is 12.1 Å². The summed E-state index contributed by atoms with van der Waals surface area (Å²) in [6.45, 7) is 8.44. The third kappa shape index (κ3) is 3.84. The molecule has 2 N–H and O–H groups in total. The van der Waals surface area contributed by atoms with E-state index in [9.17, 15) is 4.79 Å². The van der Waals surface area contributed by atoms with Crippen molar-refractivity contribution in [2.75, 3.05) is 26.2 Å². The number of carbonyl (C=O) groups excluding carboxylic acids is 1. The van der Waals surface area contributed by atoms with Gasteiger partial charge in [-0.15, -0.1) is 0 Å². The van der Waals surface area contributed by atoms with Crippen molar-refractivity contribution in [3.8, 4) is 0 Å². The number of hydrogen-bond donors (Lipinski definition) is 2. The van der Waals surface area contributed by atoms with Crippen LogP contribution in [0.2, 0.25) is 0 Å². The van der Waals surface area contributed by atoms with Gasteiger partial charge in [-0.25, -0.2) is 14.8 Å². The second-order valence-electron chi connectivity index (χ2n) is 7.33. The first kappa shape index (κ1) is 18.4. The van der Waals surface area contributed by atoms with Gasteiger partial charge in [0.15, 0.2) is 0 Å². The van der Waals surface area contributed by atoms with E-state index in [2.05, 4.69) is 49.9 Å². The number of urea groups is 1. The summed E-state index contributed by atoms with van der Waals surface area (Å²) >= 11 is 0. The van der Waals surface area contributed by atoms with Crippen molar-refractivity contribution in [3.05, 3.63) is 42.2 Å². The van der Waals surface area contributed by atoms with Gasteiger partial charge in [-0.3, -0.25) is 10.00 Å². The predicted molar refractivity (Wildman–Crippen MR) is 106 cm³/mol. The lowest BCUT2D eigenvalue weighted by Crippen LogP contribution is -2.51. The highest BCUT2D eigenvalue weighted by Gasteiger charge is 2.22. The van der Waals surface area contributed by atoms with E-state index in [4.69, 9.17) is 4.98 Å². The summed E-state index contributed by atoms with van der Waals surface area (Å²) in [5.41, 5.74) is 2.06. The molecule has 0 saturated carbocycles. The number of hydrogen-bond acceptors (Lipinski definition) is 5. The standard InChI is InChI=1S/C19H26N8O/c1-14(2)27-16-6-4-3-5-15(16)23-18(27)11-20-19(28)26-9-7-25(8-10-26)12-17-21-13-22-24-17/h3-6,13-14H,7-12H2,1-2H3,(H,20,28)(H,21,22,24). The molecule has 2 aromatic heterocycles. The Bertz CT molecular complexity index is 925. The van der Waals surface area contributed by atoms with Gasteiger partial charge in [-0.1, -0.05) is 12.1 Å². The first-order chi connectivity index (χ1) is 13.6. The highest BCUT2D eigenvalue weighted by Crippen LogP contribution is 2.20. The average molecular weight is 382 g/mol. The molecule has 0 aliphatic carbocycles. The number of fused-ring (bicyclic) bond motifs is 1. The zero-order chi connectivity index (χ0) is 19.5. The number of carbonyl (C=O) groups is 1. The van der Waals surface area contributed by atoms with Crippen molar-refractivity contribution >= 4 is 17.1 Å². The molecule has 0 bridgehead atoms. The minimum atomic E-state index is -0.0401. The van der Waals surface area contributed by atoms with Crippen molar-refractivity contribution < 1.29 is 4.79 Å². The molecule has 148 valence electrons. The number of aromatic nitrogens is 5. The maximum Gasteiger partial charge on any atom is 0.317 e. The maximum atomic E-state index is 12.6. The molecule has 1 aliphatic heterocycles. The van der Waals surface area contributed by atoms with Gasteiger partial charge in [0.2, 0.25) is 0 Å². The van der Waals surface area contributed by atoms with Crippen molar-refractivity contribution in [2.24, 2.45) is 0 Å². The normalized spacial score (nSPS) is 15.5. The minimum absolute atomic E-state index is 0.0401. The number of imidazole rings is 1. The molecule has 3 heterocycles. The summed E-state index contributed by atoms with van der Waals surface area (Å²) in [5, 5.41) is 9.79. The summed E-state index contributed by atoms with van der Waals surface area (Å²) in [7, 11) is 0. The molecule has 9 nitrogen and oxygen atoms in total. The van der Waals surface area contributed by atoms with Crippen molar-refractivity contribution in [2.45, 2.75) is 33.0 Å². The van der Waals surface area contributed by atoms with Gasteiger partial charge in [0, 0.05) is 32.2 Å². The first-order valence-electron chi connectivity index (χ1n) is 9.67. The largest absolute Gasteiger partial charge is 0.331 e. The summed E-state index contributed by atoms with van der Waals surface area (Å²) in [5.74, 6) is 1.74. The highest BCUT2D eigenvalue weighted by atomic mass is 16.2. The molecule has 0 atom stereocenters. The molecule has 1 aromatic carbocycles. The molecule has 3 aromatic rings. The topological polar surface area (TPSA) is 95.0 Å².